The van der Waals surface area contributed by atoms with E-state index in [0.717, 1.165) is 32.5 Å². The molecule has 1 N–H and O–H groups in total. The lowest BCUT2D eigenvalue weighted by Gasteiger charge is -2.34. The molecule has 0 aromatic rings. The molecule has 2 amide bonds. The van der Waals surface area contributed by atoms with Gasteiger partial charge in [0.15, 0.2) is 0 Å². The second-order valence-corrected chi connectivity index (χ2v) is 5.05. The lowest BCUT2D eigenvalue weighted by molar-refractivity contribution is -0.138. The lowest BCUT2D eigenvalue weighted by Crippen LogP contribution is -2.46. The number of nitrogens with one attached hydrogen (secondary N) is 1. The molecule has 2 rings (SSSR count). The van der Waals surface area contributed by atoms with Gasteiger partial charge in [-0.2, -0.15) is 0 Å². The molecule has 0 spiro atoms. The van der Waals surface area contributed by atoms with Crippen molar-refractivity contribution in [2.24, 2.45) is 5.92 Å². The summed E-state index contributed by atoms with van der Waals surface area (Å²) in [5, 5.41) is 3.20. The average Bonchev–Trinajstić information content (AvgIpc) is 2.59. The average molecular weight is 239 g/mol. The number of piperidine rings is 1. The van der Waals surface area contributed by atoms with Crippen LogP contribution in [0.4, 0.5) is 0 Å². The zero-order valence-electron chi connectivity index (χ0n) is 10.6. The van der Waals surface area contributed by atoms with Crippen molar-refractivity contribution in [2.75, 3.05) is 33.7 Å². The topological polar surface area (TPSA) is 52.7 Å². The number of amides is 2. The van der Waals surface area contributed by atoms with Crippen LogP contribution in [0.5, 0.6) is 0 Å². The maximum Gasteiger partial charge on any atom is 0.246 e. The first-order valence-corrected chi connectivity index (χ1v) is 6.32. The Morgan fingerprint density at radius 2 is 1.94 bits per heavy atom. The van der Waals surface area contributed by atoms with Crippen molar-refractivity contribution in [1.82, 2.24) is 15.1 Å². The van der Waals surface area contributed by atoms with Crippen molar-refractivity contribution in [3.8, 4) is 0 Å². The summed E-state index contributed by atoms with van der Waals surface area (Å²) in [4.78, 5) is 26.8. The largest absolute Gasteiger partial charge is 0.319 e. The minimum absolute atomic E-state index is 0.0259. The van der Waals surface area contributed by atoms with Crippen LogP contribution in [0, 0.1) is 5.92 Å². The van der Waals surface area contributed by atoms with Crippen LogP contribution >= 0.6 is 0 Å². The van der Waals surface area contributed by atoms with Crippen LogP contribution in [0.1, 0.15) is 19.3 Å². The molecule has 0 radical (unpaired) electrons. The van der Waals surface area contributed by atoms with Crippen LogP contribution in [-0.2, 0) is 9.59 Å². The van der Waals surface area contributed by atoms with E-state index < -0.39 is 0 Å². The highest BCUT2D eigenvalue weighted by Gasteiger charge is 2.40. The number of hydrogen-bond acceptors (Lipinski definition) is 4. The van der Waals surface area contributed by atoms with Crippen LogP contribution in [-0.4, -0.2) is 61.4 Å². The standard InChI is InChI=1S/C12H21N3O2/c1-13-8-9-3-5-15(6-4-9)10-7-11(16)14(2)12(10)17/h9-10,13H,3-8H2,1-2H3. The van der Waals surface area contributed by atoms with E-state index in [0.29, 0.717) is 12.3 Å². The summed E-state index contributed by atoms with van der Waals surface area (Å²) in [6, 6.07) is -0.192. The molecule has 5 heteroatoms. The minimum atomic E-state index is -0.192. The van der Waals surface area contributed by atoms with E-state index in [1.54, 1.807) is 7.05 Å². The molecule has 0 aromatic carbocycles. The number of rotatable bonds is 3. The SMILES string of the molecule is CNCC1CCN(C2CC(=O)N(C)C2=O)CC1. The number of hydrogen-bond donors (Lipinski definition) is 1. The van der Waals surface area contributed by atoms with Gasteiger partial charge in [-0.3, -0.25) is 19.4 Å². The van der Waals surface area contributed by atoms with Gasteiger partial charge in [0.25, 0.3) is 0 Å². The van der Waals surface area contributed by atoms with Gasteiger partial charge in [-0.05, 0) is 45.4 Å². The van der Waals surface area contributed by atoms with E-state index in [-0.39, 0.29) is 17.9 Å². The first kappa shape index (κ1) is 12.5. The third-order valence-corrected chi connectivity index (χ3v) is 3.94. The number of imide groups is 1. The molecule has 0 aliphatic carbocycles. The first-order chi connectivity index (χ1) is 8.13. The Kier molecular flexibility index (Phi) is 3.79. The molecule has 17 heavy (non-hydrogen) atoms. The van der Waals surface area contributed by atoms with E-state index in [2.05, 4.69) is 10.2 Å². The van der Waals surface area contributed by atoms with E-state index >= 15 is 0 Å². The summed E-state index contributed by atoms with van der Waals surface area (Å²) >= 11 is 0. The fraction of sp³-hybridized carbons (Fsp3) is 0.833. The molecule has 5 nitrogen and oxygen atoms in total. The second kappa shape index (κ2) is 5.14. The molecule has 2 heterocycles. The van der Waals surface area contributed by atoms with Gasteiger partial charge in [0.1, 0.15) is 0 Å². The Bertz CT molecular complexity index is 311. The maximum absolute atomic E-state index is 11.9. The summed E-state index contributed by atoms with van der Waals surface area (Å²) in [6.07, 6.45) is 2.59. The van der Waals surface area contributed by atoms with Crippen LogP contribution in [0.25, 0.3) is 0 Å². The molecule has 0 saturated carbocycles. The highest BCUT2D eigenvalue weighted by molar-refractivity contribution is 6.05. The third-order valence-electron chi connectivity index (χ3n) is 3.94. The van der Waals surface area contributed by atoms with Gasteiger partial charge < -0.3 is 5.32 Å². The van der Waals surface area contributed by atoms with E-state index in [9.17, 15) is 9.59 Å². The van der Waals surface area contributed by atoms with E-state index in [1.165, 1.54) is 4.90 Å². The quantitative estimate of drug-likeness (QED) is 0.686. The van der Waals surface area contributed by atoms with E-state index in [1.807, 2.05) is 7.05 Å². The second-order valence-electron chi connectivity index (χ2n) is 5.05. The summed E-state index contributed by atoms with van der Waals surface area (Å²) in [5.74, 6) is 0.639. The fourth-order valence-electron chi connectivity index (χ4n) is 2.78. The number of nitrogens with zero attached hydrogens (tertiary/aromatic N) is 2. The number of carbonyl (C=O) groups is 2. The summed E-state index contributed by atoms with van der Waals surface area (Å²) < 4.78 is 0. The summed E-state index contributed by atoms with van der Waals surface area (Å²) in [6.45, 7) is 2.92. The zero-order chi connectivity index (χ0) is 12.4. The highest BCUT2D eigenvalue weighted by Crippen LogP contribution is 2.23. The molecule has 2 aliphatic heterocycles. The van der Waals surface area contributed by atoms with Crippen molar-refractivity contribution >= 4 is 11.8 Å². The van der Waals surface area contributed by atoms with Gasteiger partial charge in [-0.1, -0.05) is 0 Å². The minimum Gasteiger partial charge on any atom is -0.319 e. The number of likely N-dealkylation sites (N-methyl/N-ethyl adjacent to an activating group) is 1. The maximum atomic E-state index is 11.9. The Hall–Kier alpha value is -0.940. The van der Waals surface area contributed by atoms with Gasteiger partial charge in [0.05, 0.1) is 12.5 Å². The predicted molar refractivity (Wildman–Crippen MR) is 64.4 cm³/mol. The number of carbonyl (C=O) groups excluding carboxylic acids is 2. The Labute approximate surface area is 102 Å². The van der Waals surface area contributed by atoms with Crippen molar-refractivity contribution < 1.29 is 9.59 Å². The molecule has 1 atom stereocenters. The van der Waals surface area contributed by atoms with Crippen molar-refractivity contribution in [3.05, 3.63) is 0 Å². The summed E-state index contributed by atoms with van der Waals surface area (Å²) in [5.41, 5.74) is 0. The van der Waals surface area contributed by atoms with Crippen LogP contribution in [0.15, 0.2) is 0 Å². The van der Waals surface area contributed by atoms with Crippen molar-refractivity contribution in [2.45, 2.75) is 25.3 Å². The predicted octanol–water partition coefficient (Wildman–Crippen LogP) is -0.325. The lowest BCUT2D eigenvalue weighted by atomic mass is 9.95. The van der Waals surface area contributed by atoms with Crippen LogP contribution < -0.4 is 5.32 Å². The highest BCUT2D eigenvalue weighted by atomic mass is 16.2. The zero-order valence-corrected chi connectivity index (χ0v) is 10.6. The van der Waals surface area contributed by atoms with Crippen LogP contribution in [0.3, 0.4) is 0 Å². The normalized spacial score (nSPS) is 28.1. The molecule has 2 fully saturated rings. The van der Waals surface area contributed by atoms with Gasteiger partial charge in [-0.25, -0.2) is 0 Å². The molecule has 0 bridgehead atoms. The van der Waals surface area contributed by atoms with Gasteiger partial charge >= 0.3 is 0 Å². The molecule has 0 aromatic heterocycles. The molecule has 2 saturated heterocycles. The fourth-order valence-corrected chi connectivity index (χ4v) is 2.78. The molecule has 96 valence electrons. The Morgan fingerprint density at radius 3 is 2.41 bits per heavy atom. The van der Waals surface area contributed by atoms with Crippen molar-refractivity contribution in [1.29, 1.82) is 0 Å². The first-order valence-electron chi connectivity index (χ1n) is 6.32. The number of likely N-dealkylation sites (tertiary alicyclic amines) is 2. The van der Waals surface area contributed by atoms with Crippen molar-refractivity contribution in [3.63, 3.8) is 0 Å². The molecule has 2 aliphatic rings. The van der Waals surface area contributed by atoms with Gasteiger partial charge in [0, 0.05) is 7.05 Å². The summed E-state index contributed by atoms with van der Waals surface area (Å²) in [7, 11) is 3.55. The molecule has 1 unspecified atom stereocenters. The van der Waals surface area contributed by atoms with Crippen LogP contribution in [0.2, 0.25) is 0 Å². The smallest absolute Gasteiger partial charge is 0.246 e. The molecular weight excluding hydrogens is 218 g/mol. The third kappa shape index (κ3) is 2.50. The Balaban J connectivity index is 1.89. The Morgan fingerprint density at radius 1 is 1.29 bits per heavy atom. The monoisotopic (exact) mass is 239 g/mol. The van der Waals surface area contributed by atoms with Gasteiger partial charge in [0.2, 0.25) is 11.8 Å². The van der Waals surface area contributed by atoms with Gasteiger partial charge in [-0.15, -0.1) is 0 Å². The molecular formula is C12H21N3O2. The van der Waals surface area contributed by atoms with E-state index in [4.69, 9.17) is 0 Å².